The molecule has 2 aliphatic rings. The Labute approximate surface area is 204 Å². The Morgan fingerprint density at radius 2 is 1.52 bits per heavy atom. The minimum absolute atomic E-state index is 0.0649. The molecule has 0 N–H and O–H groups in total. The Morgan fingerprint density at radius 1 is 0.848 bits per heavy atom. The van der Waals surface area contributed by atoms with Gasteiger partial charge in [0.05, 0.1) is 18.5 Å². The molecule has 6 atom stereocenters. The van der Waals surface area contributed by atoms with E-state index in [1.807, 2.05) is 54.6 Å². The van der Waals surface area contributed by atoms with Crippen molar-refractivity contribution in [3.05, 3.63) is 102 Å². The van der Waals surface area contributed by atoms with E-state index in [1.165, 1.54) is 4.90 Å². The fourth-order valence-electron chi connectivity index (χ4n) is 4.26. The summed E-state index contributed by atoms with van der Waals surface area (Å²) in [6.45, 7) is 1.01. The fourth-order valence-corrected chi connectivity index (χ4v) is 6.62. The summed E-state index contributed by atoms with van der Waals surface area (Å²) in [7, 11) is 0. The molecule has 1 unspecified atom stereocenters. The normalized spacial score (nSPS) is 29.4. The number of benzene rings is 3. The van der Waals surface area contributed by atoms with Crippen molar-refractivity contribution in [2.75, 3.05) is 12.9 Å². The Balaban J connectivity index is 1.39. The van der Waals surface area contributed by atoms with Crippen LogP contribution in [0.15, 0.2) is 95.9 Å². The summed E-state index contributed by atoms with van der Waals surface area (Å²) in [6.07, 6.45) is 1.18. The Morgan fingerprint density at radius 3 is 2.21 bits per heavy atom. The van der Waals surface area contributed by atoms with E-state index in [0.717, 1.165) is 11.1 Å². The molecular weight excluding hydrogens is 452 g/mol. The second-order valence-corrected chi connectivity index (χ2v) is 10.3. The molecule has 0 radical (unpaired) electrons. The van der Waals surface area contributed by atoms with Gasteiger partial charge in [0, 0.05) is 10.5 Å². The van der Waals surface area contributed by atoms with Crippen molar-refractivity contribution in [1.29, 1.82) is 0 Å². The Kier molecular flexibility index (Phi) is 7.71. The van der Waals surface area contributed by atoms with Gasteiger partial charge in [0.1, 0.15) is 23.7 Å². The monoisotopic (exact) mass is 480 g/mol. The lowest BCUT2D eigenvalue weighted by Crippen LogP contribution is -2.60. The van der Waals surface area contributed by atoms with Gasteiger partial charge in [-0.25, -0.2) is 0 Å². The zero-order chi connectivity index (χ0) is 22.5. The van der Waals surface area contributed by atoms with Crippen LogP contribution in [-0.4, -0.2) is 41.9 Å². The number of rotatable bonds is 7. The maximum Gasteiger partial charge on any atom is 0.184 e. The van der Waals surface area contributed by atoms with Gasteiger partial charge in [-0.3, -0.25) is 0 Å². The molecule has 4 nitrogen and oxygen atoms in total. The minimum Gasteiger partial charge on any atom is -0.369 e. The predicted octanol–water partition coefficient (Wildman–Crippen LogP) is 5.93. The quantitative estimate of drug-likeness (QED) is 0.417. The molecule has 2 heterocycles. The molecule has 0 aromatic heterocycles. The number of ether oxygens (including phenoxy) is 4. The summed E-state index contributed by atoms with van der Waals surface area (Å²) in [5.41, 5.74) is 2.10. The largest absolute Gasteiger partial charge is 0.369 e. The van der Waals surface area contributed by atoms with Gasteiger partial charge in [-0.2, -0.15) is 11.8 Å². The average molecular weight is 481 g/mol. The molecule has 2 aliphatic heterocycles. The van der Waals surface area contributed by atoms with Gasteiger partial charge < -0.3 is 18.9 Å². The number of fused-ring (bicyclic) bond motifs is 1. The summed E-state index contributed by atoms with van der Waals surface area (Å²) < 4.78 is 25.8. The van der Waals surface area contributed by atoms with Crippen LogP contribution in [0.3, 0.4) is 0 Å². The van der Waals surface area contributed by atoms with E-state index < -0.39 is 6.29 Å². The van der Waals surface area contributed by atoms with Crippen LogP contribution in [0, 0.1) is 0 Å². The first kappa shape index (κ1) is 23.0. The van der Waals surface area contributed by atoms with Gasteiger partial charge in [0.2, 0.25) is 0 Å². The zero-order valence-corrected chi connectivity index (χ0v) is 20.1. The van der Waals surface area contributed by atoms with E-state index in [2.05, 4.69) is 42.7 Å². The summed E-state index contributed by atoms with van der Waals surface area (Å²) in [5.74, 6) is 0. The third kappa shape index (κ3) is 5.48. The minimum atomic E-state index is -0.417. The van der Waals surface area contributed by atoms with Crippen LogP contribution < -0.4 is 0 Å². The lowest BCUT2D eigenvalue weighted by molar-refractivity contribution is -0.306. The summed E-state index contributed by atoms with van der Waals surface area (Å²) in [5, 5.41) is 0.106. The van der Waals surface area contributed by atoms with Crippen LogP contribution in [0.2, 0.25) is 0 Å². The molecule has 0 amide bonds. The van der Waals surface area contributed by atoms with Crippen molar-refractivity contribution in [1.82, 2.24) is 0 Å². The van der Waals surface area contributed by atoms with Crippen LogP contribution in [-0.2, 0) is 25.6 Å². The molecule has 2 fully saturated rings. The predicted molar refractivity (Wildman–Crippen MR) is 133 cm³/mol. The fraction of sp³-hybridized carbons (Fsp3) is 0.333. The highest BCUT2D eigenvalue weighted by Crippen LogP contribution is 2.43. The van der Waals surface area contributed by atoms with E-state index >= 15 is 0 Å². The summed E-state index contributed by atoms with van der Waals surface area (Å²) >= 11 is 3.52. The molecule has 2 saturated heterocycles. The first-order valence-corrected chi connectivity index (χ1v) is 13.4. The van der Waals surface area contributed by atoms with Gasteiger partial charge in [-0.1, -0.05) is 90.6 Å². The molecule has 0 spiro atoms. The highest BCUT2D eigenvalue weighted by Gasteiger charge is 2.50. The molecule has 3 aromatic rings. The SMILES string of the molecule is CS[C@@H]1[C@@H](OCc2ccccc2)[C@@H]2OC(c3ccccc3)OC[C@H]2O[C@@H]1Sc1ccccc1. The highest BCUT2D eigenvalue weighted by atomic mass is 32.2. The molecule has 0 aliphatic carbocycles. The van der Waals surface area contributed by atoms with E-state index in [4.69, 9.17) is 18.9 Å². The van der Waals surface area contributed by atoms with Crippen LogP contribution in [0.1, 0.15) is 17.4 Å². The maximum atomic E-state index is 6.60. The van der Waals surface area contributed by atoms with Crippen molar-refractivity contribution >= 4 is 23.5 Å². The molecule has 5 rings (SSSR count). The highest BCUT2D eigenvalue weighted by molar-refractivity contribution is 8.03. The first-order valence-electron chi connectivity index (χ1n) is 11.2. The topological polar surface area (TPSA) is 36.9 Å². The number of hydrogen-bond acceptors (Lipinski definition) is 6. The standard InChI is InChI=1S/C27H28O4S2/c1-32-25-24(28-17-19-11-5-2-6-12-19)23-22(30-27(25)33-21-15-9-4-10-16-21)18-29-26(31-23)20-13-7-3-8-14-20/h2-16,22-27H,17-18H2,1H3/t22-,23-,24+,25-,26?,27-/m1/s1. The molecule has 33 heavy (non-hydrogen) atoms. The molecule has 6 heteroatoms. The summed E-state index contributed by atoms with van der Waals surface area (Å²) in [4.78, 5) is 1.18. The van der Waals surface area contributed by atoms with Gasteiger partial charge in [-0.05, 0) is 24.0 Å². The summed E-state index contributed by atoms with van der Waals surface area (Å²) in [6, 6.07) is 30.8. The first-order chi connectivity index (χ1) is 16.3. The van der Waals surface area contributed by atoms with E-state index in [9.17, 15) is 0 Å². The maximum absolute atomic E-state index is 6.60. The third-order valence-electron chi connectivity index (χ3n) is 5.91. The Hall–Kier alpha value is -1.80. The van der Waals surface area contributed by atoms with Crippen molar-refractivity contribution in [3.8, 4) is 0 Å². The Bertz CT molecular complexity index is 989. The van der Waals surface area contributed by atoms with Crippen molar-refractivity contribution in [2.45, 2.75) is 46.8 Å². The molecule has 172 valence electrons. The van der Waals surface area contributed by atoms with E-state index in [1.54, 1.807) is 23.5 Å². The lowest BCUT2D eigenvalue weighted by Gasteiger charge is -2.49. The molecular formula is C27H28O4S2. The van der Waals surface area contributed by atoms with Gasteiger partial charge in [0.25, 0.3) is 0 Å². The van der Waals surface area contributed by atoms with Crippen molar-refractivity contribution in [3.63, 3.8) is 0 Å². The molecule has 0 saturated carbocycles. The van der Waals surface area contributed by atoms with E-state index in [0.29, 0.717) is 13.2 Å². The average Bonchev–Trinajstić information content (AvgIpc) is 2.88. The van der Waals surface area contributed by atoms with Crippen molar-refractivity contribution in [2.24, 2.45) is 0 Å². The zero-order valence-electron chi connectivity index (χ0n) is 18.5. The number of thioether (sulfide) groups is 2. The lowest BCUT2D eigenvalue weighted by atomic mass is 10.00. The van der Waals surface area contributed by atoms with E-state index in [-0.39, 0.29) is 29.0 Å². The smallest absolute Gasteiger partial charge is 0.184 e. The van der Waals surface area contributed by atoms with Gasteiger partial charge >= 0.3 is 0 Å². The van der Waals surface area contributed by atoms with Crippen LogP contribution >= 0.6 is 23.5 Å². The van der Waals surface area contributed by atoms with Crippen LogP contribution in [0.5, 0.6) is 0 Å². The van der Waals surface area contributed by atoms with Gasteiger partial charge in [0.15, 0.2) is 6.29 Å². The molecule has 3 aromatic carbocycles. The number of hydrogen-bond donors (Lipinski definition) is 0. The third-order valence-corrected chi connectivity index (χ3v) is 8.32. The van der Waals surface area contributed by atoms with Crippen LogP contribution in [0.25, 0.3) is 0 Å². The van der Waals surface area contributed by atoms with Gasteiger partial charge in [-0.15, -0.1) is 0 Å². The second kappa shape index (κ2) is 11.1. The second-order valence-electron chi connectivity index (χ2n) is 8.11. The molecule has 0 bridgehead atoms. The van der Waals surface area contributed by atoms with Crippen LogP contribution in [0.4, 0.5) is 0 Å². The van der Waals surface area contributed by atoms with Crippen molar-refractivity contribution < 1.29 is 18.9 Å².